The van der Waals surface area contributed by atoms with Crippen LogP contribution in [0.5, 0.6) is 0 Å². The molecule has 2 aromatic rings. The third-order valence-electron chi connectivity index (χ3n) is 5.91. The predicted molar refractivity (Wildman–Crippen MR) is 115 cm³/mol. The standard InChI is InChI=1S/C23H31N3O3/c1-6-29-23(28)20-14-17(3)26(19(20)5)15-22(27)25-12-10-24(11-13-25)21-9-7-8-16(2)18(21)4/h7-9,14H,6,10-13,15H2,1-5H3. The molecule has 0 atom stereocenters. The van der Waals surface area contributed by atoms with Gasteiger partial charge in [-0.05, 0) is 57.9 Å². The van der Waals surface area contributed by atoms with E-state index in [9.17, 15) is 9.59 Å². The number of aryl methyl sites for hydroxylation is 2. The number of nitrogens with zero attached hydrogens (tertiary/aromatic N) is 3. The summed E-state index contributed by atoms with van der Waals surface area (Å²) in [7, 11) is 0. The summed E-state index contributed by atoms with van der Waals surface area (Å²) in [5.74, 6) is -0.246. The third kappa shape index (κ3) is 4.31. The lowest BCUT2D eigenvalue weighted by Gasteiger charge is -2.37. The fourth-order valence-electron chi connectivity index (χ4n) is 3.97. The van der Waals surface area contributed by atoms with E-state index in [1.165, 1.54) is 16.8 Å². The first kappa shape index (κ1) is 21.0. The lowest BCUT2D eigenvalue weighted by molar-refractivity contribution is -0.132. The molecule has 6 heteroatoms. The summed E-state index contributed by atoms with van der Waals surface area (Å²) >= 11 is 0. The summed E-state index contributed by atoms with van der Waals surface area (Å²) < 4.78 is 7.03. The first-order valence-corrected chi connectivity index (χ1v) is 10.3. The zero-order valence-corrected chi connectivity index (χ0v) is 18.1. The molecular formula is C23H31N3O3. The number of piperazine rings is 1. The average Bonchev–Trinajstić information content (AvgIpc) is 2.99. The van der Waals surface area contributed by atoms with Gasteiger partial charge in [-0.1, -0.05) is 12.1 Å². The monoisotopic (exact) mass is 397 g/mol. The second kappa shape index (κ2) is 8.72. The molecule has 0 radical (unpaired) electrons. The van der Waals surface area contributed by atoms with Crippen molar-refractivity contribution in [1.29, 1.82) is 0 Å². The molecule has 0 spiro atoms. The smallest absolute Gasteiger partial charge is 0.339 e. The number of aromatic nitrogens is 1. The Kier molecular flexibility index (Phi) is 6.30. The van der Waals surface area contributed by atoms with Crippen molar-refractivity contribution >= 4 is 17.6 Å². The maximum atomic E-state index is 12.9. The Morgan fingerprint density at radius 2 is 1.72 bits per heavy atom. The first-order chi connectivity index (χ1) is 13.8. The van der Waals surface area contributed by atoms with Crippen molar-refractivity contribution in [2.45, 2.75) is 41.2 Å². The minimum Gasteiger partial charge on any atom is -0.462 e. The molecule has 29 heavy (non-hydrogen) atoms. The van der Waals surface area contributed by atoms with Crippen LogP contribution in [0.3, 0.4) is 0 Å². The molecule has 1 saturated heterocycles. The molecule has 6 nitrogen and oxygen atoms in total. The number of hydrogen-bond donors (Lipinski definition) is 0. The van der Waals surface area contributed by atoms with E-state index in [2.05, 4.69) is 36.9 Å². The number of hydrogen-bond acceptors (Lipinski definition) is 4. The molecule has 1 aromatic carbocycles. The fraction of sp³-hybridized carbons (Fsp3) is 0.478. The second-order valence-corrected chi connectivity index (χ2v) is 7.68. The molecule has 1 aromatic heterocycles. The van der Waals surface area contributed by atoms with E-state index in [4.69, 9.17) is 4.74 Å². The molecule has 156 valence electrons. The Morgan fingerprint density at radius 3 is 2.38 bits per heavy atom. The minimum absolute atomic E-state index is 0.0859. The second-order valence-electron chi connectivity index (χ2n) is 7.68. The van der Waals surface area contributed by atoms with Crippen LogP contribution in [-0.2, 0) is 16.1 Å². The first-order valence-electron chi connectivity index (χ1n) is 10.3. The zero-order valence-electron chi connectivity index (χ0n) is 18.1. The Balaban J connectivity index is 1.65. The van der Waals surface area contributed by atoms with E-state index in [1.54, 1.807) is 13.0 Å². The maximum Gasteiger partial charge on any atom is 0.339 e. The number of esters is 1. The van der Waals surface area contributed by atoms with Crippen molar-refractivity contribution < 1.29 is 14.3 Å². The van der Waals surface area contributed by atoms with Crippen LogP contribution in [0.2, 0.25) is 0 Å². The van der Waals surface area contributed by atoms with Crippen LogP contribution in [0, 0.1) is 27.7 Å². The van der Waals surface area contributed by atoms with E-state index in [1.807, 2.05) is 23.3 Å². The molecule has 0 aliphatic carbocycles. The van der Waals surface area contributed by atoms with Crippen molar-refractivity contribution in [3.63, 3.8) is 0 Å². The van der Waals surface area contributed by atoms with E-state index in [0.29, 0.717) is 25.3 Å². The van der Waals surface area contributed by atoms with Crippen LogP contribution in [0.1, 0.15) is 39.8 Å². The number of amides is 1. The van der Waals surface area contributed by atoms with Gasteiger partial charge >= 0.3 is 5.97 Å². The normalized spacial score (nSPS) is 14.2. The number of ether oxygens (including phenoxy) is 1. The van der Waals surface area contributed by atoms with Gasteiger partial charge in [0.05, 0.1) is 12.2 Å². The topological polar surface area (TPSA) is 54.8 Å². The minimum atomic E-state index is -0.332. The highest BCUT2D eigenvalue weighted by Crippen LogP contribution is 2.24. The summed E-state index contributed by atoms with van der Waals surface area (Å²) in [5.41, 5.74) is 6.07. The highest BCUT2D eigenvalue weighted by molar-refractivity contribution is 5.91. The predicted octanol–water partition coefficient (Wildman–Crippen LogP) is 3.25. The molecule has 2 heterocycles. The Hall–Kier alpha value is -2.76. The molecule has 3 rings (SSSR count). The van der Waals surface area contributed by atoms with Crippen LogP contribution < -0.4 is 4.90 Å². The largest absolute Gasteiger partial charge is 0.462 e. The number of anilines is 1. The van der Waals surface area contributed by atoms with Crippen molar-refractivity contribution in [3.05, 3.63) is 52.3 Å². The van der Waals surface area contributed by atoms with Gasteiger partial charge in [0.15, 0.2) is 0 Å². The van der Waals surface area contributed by atoms with Crippen molar-refractivity contribution in [2.24, 2.45) is 0 Å². The van der Waals surface area contributed by atoms with Gasteiger partial charge in [-0.3, -0.25) is 4.79 Å². The van der Waals surface area contributed by atoms with Gasteiger partial charge in [0.25, 0.3) is 0 Å². The number of rotatable bonds is 5. The Morgan fingerprint density at radius 1 is 1.03 bits per heavy atom. The molecule has 0 unspecified atom stereocenters. The summed E-state index contributed by atoms with van der Waals surface area (Å²) in [6.45, 7) is 13.5. The van der Waals surface area contributed by atoms with Crippen LogP contribution >= 0.6 is 0 Å². The van der Waals surface area contributed by atoms with Gasteiger partial charge in [-0.25, -0.2) is 4.79 Å². The van der Waals surface area contributed by atoms with E-state index in [-0.39, 0.29) is 18.4 Å². The molecular weight excluding hydrogens is 366 g/mol. The summed E-state index contributed by atoms with van der Waals surface area (Å²) in [6, 6.07) is 8.18. The molecule has 1 amide bonds. The fourth-order valence-corrected chi connectivity index (χ4v) is 3.97. The SMILES string of the molecule is CCOC(=O)c1cc(C)n(CC(=O)N2CCN(c3cccc(C)c3C)CC2)c1C. The third-order valence-corrected chi connectivity index (χ3v) is 5.91. The van der Waals surface area contributed by atoms with Crippen molar-refractivity contribution in [2.75, 3.05) is 37.7 Å². The van der Waals surface area contributed by atoms with E-state index < -0.39 is 0 Å². The van der Waals surface area contributed by atoms with Gasteiger partial charge in [0.2, 0.25) is 5.91 Å². The molecule has 1 aliphatic heterocycles. The lowest BCUT2D eigenvalue weighted by Crippen LogP contribution is -2.49. The van der Waals surface area contributed by atoms with E-state index in [0.717, 1.165) is 24.5 Å². The summed E-state index contributed by atoms with van der Waals surface area (Å²) in [6.07, 6.45) is 0. The number of carbonyl (C=O) groups excluding carboxylic acids is 2. The van der Waals surface area contributed by atoms with E-state index >= 15 is 0 Å². The number of benzene rings is 1. The molecule has 0 saturated carbocycles. The van der Waals surface area contributed by atoms with Crippen LogP contribution in [0.15, 0.2) is 24.3 Å². The summed E-state index contributed by atoms with van der Waals surface area (Å²) in [5, 5.41) is 0. The average molecular weight is 398 g/mol. The van der Waals surface area contributed by atoms with Crippen LogP contribution in [-0.4, -0.2) is 54.1 Å². The van der Waals surface area contributed by atoms with Crippen molar-refractivity contribution in [1.82, 2.24) is 9.47 Å². The quantitative estimate of drug-likeness (QED) is 0.727. The van der Waals surface area contributed by atoms with Crippen molar-refractivity contribution in [3.8, 4) is 0 Å². The van der Waals surface area contributed by atoms with Gasteiger partial charge in [-0.2, -0.15) is 0 Å². The van der Waals surface area contributed by atoms with Crippen LogP contribution in [0.4, 0.5) is 5.69 Å². The summed E-state index contributed by atoms with van der Waals surface area (Å²) in [4.78, 5) is 29.3. The Labute approximate surface area is 173 Å². The zero-order chi connectivity index (χ0) is 21.1. The lowest BCUT2D eigenvalue weighted by atomic mass is 10.1. The van der Waals surface area contributed by atoms with Gasteiger partial charge in [-0.15, -0.1) is 0 Å². The van der Waals surface area contributed by atoms with Gasteiger partial charge in [0.1, 0.15) is 6.54 Å². The van der Waals surface area contributed by atoms with Gasteiger partial charge in [0, 0.05) is 43.3 Å². The van der Waals surface area contributed by atoms with Gasteiger partial charge < -0.3 is 19.1 Å². The molecule has 1 fully saturated rings. The molecule has 1 aliphatic rings. The number of carbonyl (C=O) groups is 2. The highest BCUT2D eigenvalue weighted by Gasteiger charge is 2.24. The molecule has 0 bridgehead atoms. The Bertz CT molecular complexity index is 908. The van der Waals surface area contributed by atoms with Crippen LogP contribution in [0.25, 0.3) is 0 Å². The molecule has 0 N–H and O–H groups in total. The maximum absolute atomic E-state index is 12.9. The highest BCUT2D eigenvalue weighted by atomic mass is 16.5.